The Kier molecular flexibility index (Phi) is 4.07. The molecule has 0 spiro atoms. The molecule has 0 aliphatic heterocycles. The van der Waals surface area contributed by atoms with Crippen molar-refractivity contribution in [2.45, 2.75) is 6.42 Å². The normalized spacial score (nSPS) is 6.86. The standard InChI is InChI=1S/C4H5O2.W/c1-3-4(5)6-2;/h3H2,2H3;. The third kappa shape index (κ3) is 3.78. The van der Waals surface area contributed by atoms with E-state index in [0.29, 0.717) is 6.42 Å². The monoisotopic (exact) mass is 269 g/mol. The fourth-order valence-corrected chi connectivity index (χ4v) is 0.554. The van der Waals surface area contributed by atoms with Crippen molar-refractivity contribution in [3.63, 3.8) is 0 Å². The van der Waals surface area contributed by atoms with Crippen LogP contribution in [-0.2, 0) is 28.7 Å². The zero-order valence-corrected chi connectivity index (χ0v) is 6.87. The number of carbonyl (C=O) groups is 1. The molecule has 0 heterocycles. The fraction of sp³-hybridized carbons (Fsp3) is 0.500. The maximum atomic E-state index is 10.1. The Morgan fingerprint density at radius 3 is 2.71 bits per heavy atom. The average Bonchev–Trinajstić information content (AvgIpc) is 1.68. The van der Waals surface area contributed by atoms with E-state index in [1.807, 2.05) is 0 Å². The molecule has 0 rings (SSSR count). The number of carbonyl (C=O) groups excluding carboxylic acids is 1. The van der Waals surface area contributed by atoms with Gasteiger partial charge in [0.25, 0.3) is 0 Å². The molecule has 0 radical (unpaired) electrons. The molecule has 3 heteroatoms. The Balaban J connectivity index is 3.23. The molecule has 0 unspecified atom stereocenters. The van der Waals surface area contributed by atoms with Crippen LogP contribution in [0.4, 0.5) is 0 Å². The van der Waals surface area contributed by atoms with Crippen LogP contribution in [0, 0.1) is 4.20 Å². The van der Waals surface area contributed by atoms with Crippen molar-refractivity contribution in [3.8, 4) is 4.20 Å². The first-order chi connectivity index (χ1) is 3.31. The zero-order chi connectivity index (χ0) is 5.70. The summed E-state index contributed by atoms with van der Waals surface area (Å²) in [5.41, 5.74) is 0. The minimum absolute atomic E-state index is 0.213. The van der Waals surface area contributed by atoms with E-state index in [2.05, 4.69) is 8.94 Å². The molecule has 0 saturated heterocycles. The first-order valence-electron chi connectivity index (χ1n) is 1.73. The van der Waals surface area contributed by atoms with E-state index in [1.54, 1.807) is 0 Å². The molecule has 7 heavy (non-hydrogen) atoms. The van der Waals surface area contributed by atoms with Gasteiger partial charge in [-0.05, 0) is 0 Å². The molecular weight excluding hydrogens is 264 g/mol. The SMILES string of the molecule is COC(=O)C[C]#[W]. The van der Waals surface area contributed by atoms with Gasteiger partial charge in [-0.15, -0.1) is 0 Å². The third-order valence-electron chi connectivity index (χ3n) is 0.444. The summed E-state index contributed by atoms with van der Waals surface area (Å²) in [5.74, 6) is -0.213. The number of esters is 1. The molecule has 0 saturated carbocycles. The van der Waals surface area contributed by atoms with Crippen LogP contribution < -0.4 is 0 Å². The topological polar surface area (TPSA) is 26.3 Å². The van der Waals surface area contributed by atoms with E-state index in [4.69, 9.17) is 0 Å². The van der Waals surface area contributed by atoms with Gasteiger partial charge in [-0.3, -0.25) is 0 Å². The van der Waals surface area contributed by atoms with E-state index in [1.165, 1.54) is 26.3 Å². The van der Waals surface area contributed by atoms with Gasteiger partial charge in [-0.2, -0.15) is 0 Å². The Hall–Kier alpha value is -0.0617. The van der Waals surface area contributed by atoms with E-state index in [0.717, 1.165) is 0 Å². The van der Waals surface area contributed by atoms with Crippen LogP contribution in [0.25, 0.3) is 0 Å². The van der Waals surface area contributed by atoms with Crippen molar-refractivity contribution >= 4 is 5.97 Å². The van der Waals surface area contributed by atoms with Crippen molar-refractivity contribution in [3.05, 3.63) is 0 Å². The molecule has 0 aromatic heterocycles. The summed E-state index contributed by atoms with van der Waals surface area (Å²) in [6.07, 6.45) is 0.325. The van der Waals surface area contributed by atoms with Crippen molar-refractivity contribution in [1.29, 1.82) is 0 Å². The van der Waals surface area contributed by atoms with Gasteiger partial charge in [-0.25, -0.2) is 0 Å². The van der Waals surface area contributed by atoms with Gasteiger partial charge in [-0.1, -0.05) is 0 Å². The van der Waals surface area contributed by atoms with E-state index in [9.17, 15) is 4.79 Å². The van der Waals surface area contributed by atoms with Gasteiger partial charge in [0.05, 0.1) is 0 Å². The summed E-state index contributed by atoms with van der Waals surface area (Å²) < 4.78 is 7.03. The average molecular weight is 269 g/mol. The number of hydrogen-bond donors (Lipinski definition) is 0. The second-order valence-electron chi connectivity index (χ2n) is 0.897. The molecule has 39 valence electrons. The molecule has 0 aromatic carbocycles. The first-order valence-corrected chi connectivity index (χ1v) is 3.19. The van der Waals surface area contributed by atoms with Crippen LogP contribution in [0.2, 0.25) is 0 Å². The quantitative estimate of drug-likeness (QED) is 0.629. The van der Waals surface area contributed by atoms with Crippen LogP contribution in [-0.4, -0.2) is 13.1 Å². The predicted octanol–water partition coefficient (Wildman–Crippen LogP) is 0.0555. The molecule has 0 aliphatic carbocycles. The Morgan fingerprint density at radius 1 is 2.00 bits per heavy atom. The van der Waals surface area contributed by atoms with E-state index >= 15 is 0 Å². The van der Waals surface area contributed by atoms with E-state index in [-0.39, 0.29) is 5.97 Å². The molecular formula is C4H5O2W. The molecule has 0 fully saturated rings. The summed E-state index contributed by atoms with van der Waals surface area (Å²) in [4.78, 5) is 10.1. The van der Waals surface area contributed by atoms with Crippen LogP contribution in [0.15, 0.2) is 0 Å². The van der Waals surface area contributed by atoms with Crippen LogP contribution in [0.3, 0.4) is 0 Å². The van der Waals surface area contributed by atoms with Gasteiger partial charge < -0.3 is 0 Å². The molecule has 0 atom stereocenters. The zero-order valence-electron chi connectivity index (χ0n) is 3.93. The first kappa shape index (κ1) is 6.94. The Bertz CT molecular complexity index is 103. The van der Waals surface area contributed by atoms with Gasteiger partial charge in [0, 0.05) is 0 Å². The summed E-state index contributed by atoms with van der Waals surface area (Å²) >= 11 is 1.18. The number of ether oxygens (including phenoxy) is 1. The summed E-state index contributed by atoms with van der Waals surface area (Å²) in [5, 5.41) is 0. The summed E-state index contributed by atoms with van der Waals surface area (Å²) in [7, 11) is 1.37. The minimum atomic E-state index is -0.213. The van der Waals surface area contributed by atoms with Gasteiger partial charge in [0.2, 0.25) is 0 Å². The summed E-state index contributed by atoms with van der Waals surface area (Å²) in [6, 6.07) is 0. The van der Waals surface area contributed by atoms with E-state index < -0.39 is 0 Å². The second kappa shape index (κ2) is 4.11. The Labute approximate surface area is 52.9 Å². The van der Waals surface area contributed by atoms with Gasteiger partial charge in [0.15, 0.2) is 0 Å². The molecule has 0 amide bonds. The predicted molar refractivity (Wildman–Crippen MR) is 20.5 cm³/mol. The molecule has 0 N–H and O–H groups in total. The van der Waals surface area contributed by atoms with Crippen molar-refractivity contribution < 1.29 is 28.7 Å². The van der Waals surface area contributed by atoms with Crippen molar-refractivity contribution in [2.75, 3.05) is 7.11 Å². The van der Waals surface area contributed by atoms with Crippen LogP contribution in [0.1, 0.15) is 6.42 Å². The Morgan fingerprint density at radius 2 is 2.57 bits per heavy atom. The fourth-order valence-electron chi connectivity index (χ4n) is 0.131. The van der Waals surface area contributed by atoms with Crippen molar-refractivity contribution in [1.82, 2.24) is 0 Å². The van der Waals surface area contributed by atoms with Crippen LogP contribution >= 0.6 is 0 Å². The van der Waals surface area contributed by atoms with Crippen LogP contribution in [0.5, 0.6) is 0 Å². The second-order valence-corrected chi connectivity index (χ2v) is 1.93. The third-order valence-corrected chi connectivity index (χ3v) is 0.963. The number of rotatable bonds is 1. The maximum absolute atomic E-state index is 10.1. The van der Waals surface area contributed by atoms with Crippen molar-refractivity contribution in [2.24, 2.45) is 0 Å². The van der Waals surface area contributed by atoms with Gasteiger partial charge >= 0.3 is 52.4 Å². The number of hydrogen-bond acceptors (Lipinski definition) is 2. The molecule has 0 aromatic rings. The van der Waals surface area contributed by atoms with Gasteiger partial charge in [0.1, 0.15) is 0 Å². The summed E-state index contributed by atoms with van der Waals surface area (Å²) in [6.45, 7) is 0. The molecule has 2 nitrogen and oxygen atoms in total. The molecule has 0 bridgehead atoms. The number of methoxy groups -OCH3 is 1. The molecule has 0 aliphatic rings.